The van der Waals surface area contributed by atoms with Crippen LogP contribution in [-0.2, 0) is 11.3 Å². The predicted octanol–water partition coefficient (Wildman–Crippen LogP) is 3.35. The summed E-state index contributed by atoms with van der Waals surface area (Å²) < 4.78 is 0. The number of nitrogens with zero attached hydrogens (tertiary/aromatic N) is 1. The average molecular weight is 317 g/mol. The molecular weight excluding hydrogens is 296 g/mol. The van der Waals surface area contributed by atoms with Crippen molar-refractivity contribution in [3.05, 3.63) is 65.7 Å². The maximum absolute atomic E-state index is 12.9. The zero-order chi connectivity index (χ0) is 14.7. The minimum absolute atomic E-state index is 0. The van der Waals surface area contributed by atoms with E-state index in [-0.39, 0.29) is 24.2 Å². The van der Waals surface area contributed by atoms with Gasteiger partial charge in [0.25, 0.3) is 0 Å². The van der Waals surface area contributed by atoms with Gasteiger partial charge in [0.2, 0.25) is 5.91 Å². The molecular formula is C18H21ClN2O. The summed E-state index contributed by atoms with van der Waals surface area (Å²) in [6, 6.07) is 18.1. The predicted molar refractivity (Wildman–Crippen MR) is 92.6 cm³/mol. The van der Waals surface area contributed by atoms with Crippen LogP contribution in [0.25, 0.3) is 0 Å². The number of rotatable bonds is 2. The number of hydrogen-bond acceptors (Lipinski definition) is 2. The van der Waals surface area contributed by atoms with E-state index < -0.39 is 0 Å². The highest BCUT2D eigenvalue weighted by molar-refractivity contribution is 5.98. The Bertz CT molecular complexity index is 630. The van der Waals surface area contributed by atoms with Gasteiger partial charge in [0, 0.05) is 25.3 Å². The zero-order valence-electron chi connectivity index (χ0n) is 12.7. The topological polar surface area (TPSA) is 32.3 Å². The molecule has 0 spiro atoms. The molecule has 0 bridgehead atoms. The van der Waals surface area contributed by atoms with Gasteiger partial charge in [-0.25, -0.2) is 0 Å². The van der Waals surface area contributed by atoms with Crippen molar-refractivity contribution in [1.82, 2.24) is 5.32 Å². The van der Waals surface area contributed by atoms with Crippen molar-refractivity contribution in [1.29, 1.82) is 0 Å². The quantitative estimate of drug-likeness (QED) is 0.921. The molecule has 1 aliphatic rings. The van der Waals surface area contributed by atoms with Crippen molar-refractivity contribution >= 4 is 24.0 Å². The van der Waals surface area contributed by atoms with Crippen LogP contribution in [0, 0.1) is 0 Å². The largest absolute Gasteiger partial charge is 0.311 e. The number of carbonyl (C=O) groups is 1. The Kier molecular flexibility index (Phi) is 5.58. The zero-order valence-corrected chi connectivity index (χ0v) is 13.5. The van der Waals surface area contributed by atoms with E-state index in [0.29, 0.717) is 6.54 Å². The summed E-state index contributed by atoms with van der Waals surface area (Å²) in [5, 5.41) is 3.37. The Morgan fingerprint density at radius 3 is 2.55 bits per heavy atom. The fourth-order valence-corrected chi connectivity index (χ4v) is 2.80. The highest BCUT2D eigenvalue weighted by Crippen LogP contribution is 2.26. The number of fused-ring (bicyclic) bond motifs is 1. The van der Waals surface area contributed by atoms with Crippen LogP contribution in [0.1, 0.15) is 24.0 Å². The van der Waals surface area contributed by atoms with Crippen LogP contribution in [-0.4, -0.2) is 19.0 Å². The molecule has 2 aromatic rings. The van der Waals surface area contributed by atoms with Crippen LogP contribution in [0.4, 0.5) is 5.69 Å². The molecule has 3 nitrogen and oxygen atoms in total. The minimum atomic E-state index is -0.127. The number of anilines is 1. The first-order valence-electron chi connectivity index (χ1n) is 7.42. The van der Waals surface area contributed by atoms with E-state index in [0.717, 1.165) is 24.3 Å². The van der Waals surface area contributed by atoms with Gasteiger partial charge in [0.1, 0.15) is 0 Å². The van der Waals surface area contributed by atoms with Crippen molar-refractivity contribution in [2.45, 2.75) is 19.4 Å². The van der Waals surface area contributed by atoms with Gasteiger partial charge >= 0.3 is 0 Å². The maximum Gasteiger partial charge on any atom is 0.234 e. The Morgan fingerprint density at radius 1 is 1.09 bits per heavy atom. The molecule has 3 rings (SSSR count). The molecule has 1 heterocycles. The summed E-state index contributed by atoms with van der Waals surface area (Å²) in [7, 11) is 0. The Morgan fingerprint density at radius 2 is 1.77 bits per heavy atom. The third-order valence-corrected chi connectivity index (χ3v) is 4.05. The summed E-state index contributed by atoms with van der Waals surface area (Å²) in [6.45, 7) is 4.34. The van der Waals surface area contributed by atoms with Gasteiger partial charge in [0.15, 0.2) is 0 Å². The second-order valence-corrected chi connectivity index (χ2v) is 5.43. The second kappa shape index (κ2) is 7.43. The second-order valence-electron chi connectivity index (χ2n) is 5.43. The van der Waals surface area contributed by atoms with E-state index in [4.69, 9.17) is 0 Å². The van der Waals surface area contributed by atoms with Crippen LogP contribution in [0.5, 0.6) is 0 Å². The van der Waals surface area contributed by atoms with E-state index in [2.05, 4.69) is 11.4 Å². The average Bonchev–Trinajstić information content (AvgIpc) is 2.77. The van der Waals surface area contributed by atoms with Crippen LogP contribution < -0.4 is 10.2 Å². The van der Waals surface area contributed by atoms with E-state index in [1.54, 1.807) is 0 Å². The van der Waals surface area contributed by atoms with Gasteiger partial charge in [-0.2, -0.15) is 0 Å². The number of halogens is 1. The highest BCUT2D eigenvalue weighted by atomic mass is 35.5. The number of amides is 1. The molecule has 1 aliphatic heterocycles. The number of benzene rings is 2. The van der Waals surface area contributed by atoms with Crippen LogP contribution in [0.15, 0.2) is 54.6 Å². The number of hydrogen-bond donors (Lipinski definition) is 1. The Hall–Kier alpha value is -1.84. The van der Waals surface area contributed by atoms with Gasteiger partial charge in [-0.3, -0.25) is 4.79 Å². The molecule has 1 unspecified atom stereocenters. The molecule has 4 heteroatoms. The van der Waals surface area contributed by atoms with Crippen LogP contribution in [0.2, 0.25) is 0 Å². The lowest BCUT2D eigenvalue weighted by Crippen LogP contribution is -2.37. The molecule has 1 atom stereocenters. The Labute approximate surface area is 137 Å². The Balaban J connectivity index is 0.00000176. The molecule has 1 amide bonds. The molecule has 2 aromatic carbocycles. The van der Waals surface area contributed by atoms with Crippen molar-refractivity contribution in [3.63, 3.8) is 0 Å². The SMILES string of the molecule is CC(C(=O)N1CCNCc2ccccc21)c1ccccc1.Cl. The molecule has 116 valence electrons. The first-order chi connectivity index (χ1) is 10.3. The maximum atomic E-state index is 12.9. The minimum Gasteiger partial charge on any atom is -0.311 e. The number of nitrogens with one attached hydrogen (secondary N) is 1. The fraction of sp³-hybridized carbons (Fsp3) is 0.278. The van der Waals surface area contributed by atoms with Crippen LogP contribution >= 0.6 is 12.4 Å². The van der Waals surface area contributed by atoms with Crippen molar-refractivity contribution in [2.75, 3.05) is 18.0 Å². The van der Waals surface area contributed by atoms with Crippen LogP contribution in [0.3, 0.4) is 0 Å². The molecule has 0 saturated heterocycles. The summed E-state index contributed by atoms with van der Waals surface area (Å²) in [6.07, 6.45) is 0. The first-order valence-corrected chi connectivity index (χ1v) is 7.42. The lowest BCUT2D eigenvalue weighted by molar-refractivity contribution is -0.119. The van der Waals surface area contributed by atoms with Crippen molar-refractivity contribution in [2.24, 2.45) is 0 Å². The monoisotopic (exact) mass is 316 g/mol. The lowest BCUT2D eigenvalue weighted by atomic mass is 9.99. The normalized spacial score (nSPS) is 15.2. The lowest BCUT2D eigenvalue weighted by Gasteiger charge is -2.26. The molecule has 0 fully saturated rings. The summed E-state index contributed by atoms with van der Waals surface area (Å²) in [5.41, 5.74) is 3.29. The van der Waals surface area contributed by atoms with Gasteiger partial charge in [-0.1, -0.05) is 48.5 Å². The highest BCUT2D eigenvalue weighted by Gasteiger charge is 2.25. The van der Waals surface area contributed by atoms with Gasteiger partial charge < -0.3 is 10.2 Å². The molecule has 0 aromatic heterocycles. The van der Waals surface area contributed by atoms with Gasteiger partial charge in [0.05, 0.1) is 5.92 Å². The number of para-hydroxylation sites is 1. The van der Waals surface area contributed by atoms with E-state index in [9.17, 15) is 4.79 Å². The summed E-state index contributed by atoms with van der Waals surface area (Å²) >= 11 is 0. The summed E-state index contributed by atoms with van der Waals surface area (Å²) in [4.78, 5) is 14.8. The number of carbonyl (C=O) groups excluding carboxylic acids is 1. The van der Waals surface area contributed by atoms with E-state index in [1.165, 1.54) is 5.56 Å². The molecule has 22 heavy (non-hydrogen) atoms. The first kappa shape index (κ1) is 16.5. The van der Waals surface area contributed by atoms with E-state index >= 15 is 0 Å². The standard InChI is InChI=1S/C18H20N2O.ClH/c1-14(15-7-3-2-4-8-15)18(21)20-12-11-19-13-16-9-5-6-10-17(16)20;/h2-10,14,19H,11-13H2,1H3;1H. The molecule has 0 radical (unpaired) electrons. The van der Waals surface area contributed by atoms with Crippen molar-refractivity contribution < 1.29 is 4.79 Å². The third-order valence-electron chi connectivity index (χ3n) is 4.05. The summed E-state index contributed by atoms with van der Waals surface area (Å²) in [5.74, 6) is 0.0368. The van der Waals surface area contributed by atoms with Gasteiger partial charge in [-0.05, 0) is 24.1 Å². The fourth-order valence-electron chi connectivity index (χ4n) is 2.80. The van der Waals surface area contributed by atoms with Gasteiger partial charge in [-0.15, -0.1) is 12.4 Å². The molecule has 0 aliphatic carbocycles. The molecule has 0 saturated carbocycles. The smallest absolute Gasteiger partial charge is 0.234 e. The van der Waals surface area contributed by atoms with E-state index in [1.807, 2.05) is 60.4 Å². The molecule has 1 N–H and O–H groups in total. The van der Waals surface area contributed by atoms with Crippen molar-refractivity contribution in [3.8, 4) is 0 Å². The third kappa shape index (κ3) is 3.32.